The lowest BCUT2D eigenvalue weighted by molar-refractivity contribution is -0.137. The smallest absolute Gasteiger partial charge is 0.330 e. The van der Waals surface area contributed by atoms with Gasteiger partial charge in [0.1, 0.15) is 5.76 Å². The van der Waals surface area contributed by atoms with Gasteiger partial charge < -0.3 is 23.7 Å². The highest BCUT2D eigenvalue weighted by atomic mass is 16.5. The van der Waals surface area contributed by atoms with E-state index in [1.54, 1.807) is 44.4 Å². The Bertz CT molecular complexity index is 999. The van der Waals surface area contributed by atoms with Crippen LogP contribution in [-0.4, -0.2) is 31.9 Å². The van der Waals surface area contributed by atoms with Crippen LogP contribution in [0.25, 0.3) is 28.4 Å². The van der Waals surface area contributed by atoms with E-state index < -0.39 is 5.97 Å². The van der Waals surface area contributed by atoms with Crippen LogP contribution in [0.15, 0.2) is 46.9 Å². The van der Waals surface area contributed by atoms with E-state index in [-0.39, 0.29) is 5.75 Å². The van der Waals surface area contributed by atoms with Gasteiger partial charge in [-0.05, 0) is 55.0 Å². The van der Waals surface area contributed by atoms with Gasteiger partial charge in [-0.3, -0.25) is 0 Å². The van der Waals surface area contributed by atoms with Crippen LogP contribution in [0.3, 0.4) is 0 Å². The summed E-state index contributed by atoms with van der Waals surface area (Å²) in [5.74, 6) is 1.17. The number of esters is 1. The van der Waals surface area contributed by atoms with Gasteiger partial charge in [-0.15, -0.1) is 0 Å². The molecule has 27 heavy (non-hydrogen) atoms. The molecule has 0 radical (unpaired) electrons. The van der Waals surface area contributed by atoms with Crippen LogP contribution < -0.4 is 9.47 Å². The first-order chi connectivity index (χ1) is 13.0. The molecule has 0 saturated heterocycles. The van der Waals surface area contributed by atoms with E-state index in [2.05, 4.69) is 0 Å². The molecule has 1 aromatic heterocycles. The van der Waals surface area contributed by atoms with Crippen molar-refractivity contribution in [2.75, 3.05) is 20.8 Å². The number of methoxy groups -OCH3 is 2. The fraction of sp³-hybridized carbons (Fsp3) is 0.190. The first kappa shape index (κ1) is 18.4. The zero-order chi connectivity index (χ0) is 19.4. The van der Waals surface area contributed by atoms with Gasteiger partial charge in [0.05, 0.1) is 20.8 Å². The van der Waals surface area contributed by atoms with E-state index >= 15 is 0 Å². The van der Waals surface area contributed by atoms with E-state index in [0.717, 1.165) is 16.5 Å². The summed E-state index contributed by atoms with van der Waals surface area (Å²) in [4.78, 5) is 11.5. The molecule has 0 fully saturated rings. The third-order valence-corrected chi connectivity index (χ3v) is 3.99. The summed E-state index contributed by atoms with van der Waals surface area (Å²) in [5, 5.41) is 10.6. The molecule has 1 heterocycles. The minimum absolute atomic E-state index is 0.0568. The molecule has 140 valence electrons. The van der Waals surface area contributed by atoms with E-state index in [4.69, 9.17) is 18.6 Å². The largest absolute Gasteiger partial charge is 0.504 e. The number of benzene rings is 2. The molecule has 6 nitrogen and oxygen atoms in total. The summed E-state index contributed by atoms with van der Waals surface area (Å²) in [6.07, 6.45) is 3.03. The van der Waals surface area contributed by atoms with Crippen molar-refractivity contribution < 1.29 is 28.5 Å². The van der Waals surface area contributed by atoms with Gasteiger partial charge in [-0.25, -0.2) is 4.79 Å². The summed E-state index contributed by atoms with van der Waals surface area (Å²) < 4.78 is 21.4. The van der Waals surface area contributed by atoms with Crippen LogP contribution in [0.4, 0.5) is 0 Å². The molecule has 0 aliphatic rings. The van der Waals surface area contributed by atoms with Crippen molar-refractivity contribution >= 4 is 23.0 Å². The van der Waals surface area contributed by atoms with Gasteiger partial charge in [0.25, 0.3) is 0 Å². The van der Waals surface area contributed by atoms with Gasteiger partial charge >= 0.3 is 5.97 Å². The lowest BCUT2D eigenvalue weighted by Gasteiger charge is -2.04. The number of rotatable bonds is 6. The second kappa shape index (κ2) is 7.86. The maximum absolute atomic E-state index is 11.5. The van der Waals surface area contributed by atoms with Crippen molar-refractivity contribution in [3.8, 4) is 28.6 Å². The molecule has 3 rings (SSSR count). The highest BCUT2D eigenvalue weighted by Gasteiger charge is 2.13. The molecule has 3 aromatic rings. The number of hydrogen-bond acceptors (Lipinski definition) is 6. The zero-order valence-electron chi connectivity index (χ0n) is 15.3. The van der Waals surface area contributed by atoms with E-state index in [1.165, 1.54) is 13.2 Å². The number of aromatic hydroxyl groups is 1. The van der Waals surface area contributed by atoms with Gasteiger partial charge in [-0.2, -0.15) is 0 Å². The second-order valence-electron chi connectivity index (χ2n) is 5.72. The lowest BCUT2D eigenvalue weighted by atomic mass is 10.1. The Morgan fingerprint density at radius 2 is 1.89 bits per heavy atom. The summed E-state index contributed by atoms with van der Waals surface area (Å²) in [7, 11) is 3.04. The Kier molecular flexibility index (Phi) is 5.35. The van der Waals surface area contributed by atoms with Gasteiger partial charge in [-0.1, -0.05) is 0 Å². The number of hydrogen-bond donors (Lipinski definition) is 1. The van der Waals surface area contributed by atoms with Crippen molar-refractivity contribution in [2.24, 2.45) is 0 Å². The molecule has 0 atom stereocenters. The van der Waals surface area contributed by atoms with Crippen LogP contribution in [0, 0.1) is 0 Å². The van der Waals surface area contributed by atoms with Crippen molar-refractivity contribution in [1.29, 1.82) is 0 Å². The summed E-state index contributed by atoms with van der Waals surface area (Å²) in [5.41, 5.74) is 2.13. The number of carbonyl (C=O) groups excluding carboxylic acids is 1. The van der Waals surface area contributed by atoms with Crippen molar-refractivity contribution in [2.45, 2.75) is 6.92 Å². The van der Waals surface area contributed by atoms with Crippen LogP contribution in [0.1, 0.15) is 12.5 Å². The molecule has 0 saturated carbocycles. The average Bonchev–Trinajstić information content (AvgIpc) is 3.10. The Balaban J connectivity index is 2.02. The predicted molar refractivity (Wildman–Crippen MR) is 102 cm³/mol. The third-order valence-electron chi connectivity index (χ3n) is 3.99. The molecular weight excluding hydrogens is 348 g/mol. The molecule has 0 unspecified atom stereocenters. The molecule has 0 aliphatic carbocycles. The van der Waals surface area contributed by atoms with Gasteiger partial charge in [0, 0.05) is 17.0 Å². The molecule has 0 spiro atoms. The molecule has 0 aliphatic heterocycles. The molecule has 0 amide bonds. The third kappa shape index (κ3) is 3.89. The summed E-state index contributed by atoms with van der Waals surface area (Å²) >= 11 is 0. The number of furan rings is 1. The average molecular weight is 368 g/mol. The Morgan fingerprint density at radius 3 is 2.59 bits per heavy atom. The van der Waals surface area contributed by atoms with Crippen LogP contribution in [0.5, 0.6) is 17.2 Å². The first-order valence-corrected chi connectivity index (χ1v) is 8.39. The van der Waals surface area contributed by atoms with Crippen molar-refractivity contribution in [1.82, 2.24) is 0 Å². The Morgan fingerprint density at radius 1 is 1.11 bits per heavy atom. The lowest BCUT2D eigenvalue weighted by Crippen LogP contribution is -1.98. The Labute approximate surface area is 156 Å². The normalized spacial score (nSPS) is 11.1. The first-order valence-electron chi connectivity index (χ1n) is 8.39. The van der Waals surface area contributed by atoms with Gasteiger partial charge in [0.2, 0.25) is 0 Å². The van der Waals surface area contributed by atoms with Crippen molar-refractivity contribution in [3.63, 3.8) is 0 Å². The minimum atomic E-state index is -0.402. The fourth-order valence-electron chi connectivity index (χ4n) is 2.72. The zero-order valence-corrected chi connectivity index (χ0v) is 15.3. The summed E-state index contributed by atoms with van der Waals surface area (Å²) in [6.45, 7) is 2.08. The SMILES string of the molecule is CCOC(=O)/C=C/c1cc(OC)c2oc(-c3ccc(O)c(OC)c3)cc2c1. The number of ether oxygens (including phenoxy) is 3. The van der Waals surface area contributed by atoms with E-state index in [0.29, 0.717) is 29.4 Å². The second-order valence-corrected chi connectivity index (χ2v) is 5.72. The minimum Gasteiger partial charge on any atom is -0.504 e. The van der Waals surface area contributed by atoms with E-state index in [9.17, 15) is 9.90 Å². The highest BCUT2D eigenvalue weighted by molar-refractivity contribution is 5.92. The molecule has 1 N–H and O–H groups in total. The van der Waals surface area contributed by atoms with Crippen LogP contribution in [0.2, 0.25) is 0 Å². The topological polar surface area (TPSA) is 78.1 Å². The number of phenolic OH excluding ortho intramolecular Hbond substituents is 1. The maximum Gasteiger partial charge on any atom is 0.330 e. The maximum atomic E-state index is 11.5. The molecule has 6 heteroatoms. The van der Waals surface area contributed by atoms with Crippen LogP contribution in [-0.2, 0) is 9.53 Å². The summed E-state index contributed by atoms with van der Waals surface area (Å²) in [6, 6.07) is 10.5. The molecule has 0 bridgehead atoms. The van der Waals surface area contributed by atoms with Crippen LogP contribution >= 0.6 is 0 Å². The van der Waals surface area contributed by atoms with Gasteiger partial charge in [0.15, 0.2) is 22.8 Å². The van der Waals surface area contributed by atoms with Crippen molar-refractivity contribution in [3.05, 3.63) is 48.0 Å². The Hall–Kier alpha value is -3.41. The fourth-order valence-corrected chi connectivity index (χ4v) is 2.72. The van der Waals surface area contributed by atoms with E-state index in [1.807, 2.05) is 12.1 Å². The number of phenols is 1. The highest BCUT2D eigenvalue weighted by Crippen LogP contribution is 2.37. The molecule has 2 aromatic carbocycles. The molecular formula is C21H20O6. The monoisotopic (exact) mass is 368 g/mol. The number of fused-ring (bicyclic) bond motifs is 1. The standard InChI is InChI=1S/C21H20O6/c1-4-26-20(23)8-5-13-9-15-12-17(27-21(15)19(10-13)25-3)14-6-7-16(22)18(11-14)24-2/h5-12,22H,4H2,1-3H3/b8-5+. The quantitative estimate of drug-likeness (QED) is 0.513. The number of carbonyl (C=O) groups is 1. The predicted octanol–water partition coefficient (Wildman–Crippen LogP) is 4.40.